The van der Waals surface area contributed by atoms with Crippen molar-refractivity contribution in [2.75, 3.05) is 0 Å². The van der Waals surface area contributed by atoms with Gasteiger partial charge < -0.3 is 4.43 Å². The van der Waals surface area contributed by atoms with Gasteiger partial charge in [-0.25, -0.2) is 0 Å². The zero-order chi connectivity index (χ0) is 9.78. The van der Waals surface area contributed by atoms with Crippen LogP contribution in [0.25, 0.3) is 0 Å². The van der Waals surface area contributed by atoms with Gasteiger partial charge in [-0.2, -0.15) is 0 Å². The van der Waals surface area contributed by atoms with E-state index in [1.807, 2.05) is 11.4 Å². The quantitative estimate of drug-likeness (QED) is 0.610. The van der Waals surface area contributed by atoms with E-state index < -0.39 is 9.04 Å². The highest BCUT2D eigenvalue weighted by Gasteiger charge is 2.22. The maximum atomic E-state index is 5.82. The molecule has 0 saturated carbocycles. The molecule has 0 heterocycles. The molecule has 0 aromatic heterocycles. The summed E-state index contributed by atoms with van der Waals surface area (Å²) >= 11 is 0. The standard InChI is InChI=1S/C10H20OSi/c1-7-12(8-2)11-9(3)10(4,5)6/h7-9,12H,1-2H2,3-6H3. The minimum Gasteiger partial charge on any atom is -0.409 e. The maximum Gasteiger partial charge on any atom is 0.224 e. The second-order valence-corrected chi connectivity index (χ2v) is 6.22. The van der Waals surface area contributed by atoms with E-state index in [9.17, 15) is 0 Å². The normalized spacial score (nSPS) is 14.4. The Morgan fingerprint density at radius 3 is 1.92 bits per heavy atom. The monoisotopic (exact) mass is 184 g/mol. The van der Waals surface area contributed by atoms with Crippen molar-refractivity contribution in [1.29, 1.82) is 0 Å². The topological polar surface area (TPSA) is 9.23 Å². The van der Waals surface area contributed by atoms with Crippen molar-refractivity contribution in [3.63, 3.8) is 0 Å². The molecule has 0 rings (SSSR count). The van der Waals surface area contributed by atoms with Crippen LogP contribution in [0, 0.1) is 5.41 Å². The molecule has 70 valence electrons. The Bertz CT molecular complexity index is 150. The fourth-order valence-electron chi connectivity index (χ4n) is 0.647. The fraction of sp³-hybridized carbons (Fsp3) is 0.600. The summed E-state index contributed by atoms with van der Waals surface area (Å²) in [5, 5.41) is 0. The first-order chi connectivity index (χ1) is 5.41. The zero-order valence-electron chi connectivity index (χ0n) is 8.63. The van der Waals surface area contributed by atoms with Crippen LogP contribution >= 0.6 is 0 Å². The number of rotatable bonds is 4. The van der Waals surface area contributed by atoms with Gasteiger partial charge in [0.15, 0.2) is 0 Å². The van der Waals surface area contributed by atoms with Gasteiger partial charge in [-0.3, -0.25) is 0 Å². The minimum absolute atomic E-state index is 0.206. The van der Waals surface area contributed by atoms with E-state index in [0.717, 1.165) is 0 Å². The average molecular weight is 184 g/mol. The molecule has 1 nitrogen and oxygen atoms in total. The van der Waals surface area contributed by atoms with Gasteiger partial charge in [0.1, 0.15) is 0 Å². The molecular formula is C10H20OSi. The summed E-state index contributed by atoms with van der Waals surface area (Å²) in [5.41, 5.74) is 4.00. The predicted octanol–water partition coefficient (Wildman–Crippen LogP) is 2.61. The Hall–Kier alpha value is -0.343. The molecule has 0 fully saturated rings. The molecule has 0 bridgehead atoms. The second kappa shape index (κ2) is 4.63. The largest absolute Gasteiger partial charge is 0.409 e. The first-order valence-corrected chi connectivity index (χ1v) is 6.13. The summed E-state index contributed by atoms with van der Waals surface area (Å²) in [6.45, 7) is 16.1. The second-order valence-electron chi connectivity index (χ2n) is 4.08. The van der Waals surface area contributed by atoms with Crippen LogP contribution in [0.5, 0.6) is 0 Å². The Labute approximate surface area is 77.9 Å². The lowest BCUT2D eigenvalue weighted by atomic mass is 9.91. The van der Waals surface area contributed by atoms with E-state index >= 15 is 0 Å². The van der Waals surface area contributed by atoms with Gasteiger partial charge in [0.05, 0.1) is 0 Å². The van der Waals surface area contributed by atoms with Gasteiger partial charge in [-0.15, -0.1) is 13.2 Å². The molecule has 0 aromatic rings. The highest BCUT2D eigenvalue weighted by atomic mass is 28.3. The van der Waals surface area contributed by atoms with Crippen molar-refractivity contribution in [2.24, 2.45) is 5.41 Å². The zero-order valence-corrected chi connectivity index (χ0v) is 9.79. The van der Waals surface area contributed by atoms with E-state index in [0.29, 0.717) is 0 Å². The lowest BCUT2D eigenvalue weighted by Gasteiger charge is -2.29. The van der Waals surface area contributed by atoms with E-state index in [1.165, 1.54) is 0 Å². The lowest BCUT2D eigenvalue weighted by molar-refractivity contribution is 0.106. The third-order valence-electron chi connectivity index (χ3n) is 2.05. The fourth-order valence-corrected chi connectivity index (χ4v) is 1.94. The Balaban J connectivity index is 4.06. The van der Waals surface area contributed by atoms with E-state index in [1.54, 1.807) is 0 Å². The van der Waals surface area contributed by atoms with E-state index in [2.05, 4.69) is 40.9 Å². The molecule has 0 aromatic carbocycles. The van der Waals surface area contributed by atoms with Crippen molar-refractivity contribution < 1.29 is 4.43 Å². The molecular weight excluding hydrogens is 164 g/mol. The van der Waals surface area contributed by atoms with Crippen molar-refractivity contribution >= 4 is 9.04 Å². The first kappa shape index (κ1) is 11.7. The molecule has 12 heavy (non-hydrogen) atoms. The molecule has 0 aliphatic carbocycles. The molecule has 0 spiro atoms. The molecule has 0 amide bonds. The van der Waals surface area contributed by atoms with Crippen LogP contribution in [0.4, 0.5) is 0 Å². The number of hydrogen-bond donors (Lipinski definition) is 0. The molecule has 0 N–H and O–H groups in total. The Morgan fingerprint density at radius 1 is 1.25 bits per heavy atom. The van der Waals surface area contributed by atoms with Crippen LogP contribution < -0.4 is 0 Å². The third-order valence-corrected chi connectivity index (χ3v) is 3.70. The summed E-state index contributed by atoms with van der Waals surface area (Å²) in [6.07, 6.45) is 0.269. The molecule has 0 aliphatic heterocycles. The predicted molar refractivity (Wildman–Crippen MR) is 57.5 cm³/mol. The highest BCUT2D eigenvalue weighted by molar-refractivity contribution is 6.62. The third kappa shape index (κ3) is 3.88. The van der Waals surface area contributed by atoms with E-state index in [-0.39, 0.29) is 11.5 Å². The van der Waals surface area contributed by atoms with Crippen molar-refractivity contribution in [1.82, 2.24) is 0 Å². The minimum atomic E-state index is -1.32. The van der Waals surface area contributed by atoms with Crippen LogP contribution in [-0.2, 0) is 4.43 Å². The van der Waals surface area contributed by atoms with Crippen LogP contribution in [0.2, 0.25) is 0 Å². The summed E-state index contributed by atoms with van der Waals surface area (Å²) in [6, 6.07) is 0. The van der Waals surface area contributed by atoms with Crippen LogP contribution in [0.15, 0.2) is 24.6 Å². The molecule has 0 saturated heterocycles. The van der Waals surface area contributed by atoms with Gasteiger partial charge in [0.2, 0.25) is 9.04 Å². The van der Waals surface area contributed by atoms with Crippen molar-refractivity contribution in [3.8, 4) is 0 Å². The summed E-state index contributed by atoms with van der Waals surface area (Å²) in [5.74, 6) is 0. The van der Waals surface area contributed by atoms with Gasteiger partial charge in [-0.1, -0.05) is 32.2 Å². The summed E-state index contributed by atoms with van der Waals surface area (Å²) < 4.78 is 5.82. The summed E-state index contributed by atoms with van der Waals surface area (Å²) in [4.78, 5) is 0. The van der Waals surface area contributed by atoms with Crippen LogP contribution in [0.3, 0.4) is 0 Å². The Kier molecular flexibility index (Phi) is 4.49. The van der Waals surface area contributed by atoms with Gasteiger partial charge in [0.25, 0.3) is 0 Å². The maximum absolute atomic E-state index is 5.82. The van der Waals surface area contributed by atoms with E-state index in [4.69, 9.17) is 4.43 Å². The SMILES string of the molecule is C=C[SiH](C=C)OC(C)C(C)(C)C. The molecule has 1 atom stereocenters. The molecule has 1 unspecified atom stereocenters. The molecule has 0 radical (unpaired) electrons. The first-order valence-electron chi connectivity index (χ1n) is 4.32. The average Bonchev–Trinajstić information content (AvgIpc) is 1.97. The van der Waals surface area contributed by atoms with Crippen molar-refractivity contribution in [2.45, 2.75) is 33.8 Å². The van der Waals surface area contributed by atoms with Crippen molar-refractivity contribution in [3.05, 3.63) is 24.6 Å². The van der Waals surface area contributed by atoms with Crippen LogP contribution in [-0.4, -0.2) is 15.1 Å². The smallest absolute Gasteiger partial charge is 0.224 e. The summed E-state index contributed by atoms with van der Waals surface area (Å²) in [7, 11) is -1.32. The van der Waals surface area contributed by atoms with Crippen LogP contribution in [0.1, 0.15) is 27.7 Å². The Morgan fingerprint density at radius 2 is 1.67 bits per heavy atom. The molecule has 0 aliphatic rings. The highest BCUT2D eigenvalue weighted by Crippen LogP contribution is 2.22. The van der Waals surface area contributed by atoms with Gasteiger partial charge >= 0.3 is 0 Å². The van der Waals surface area contributed by atoms with Gasteiger partial charge in [-0.05, 0) is 12.3 Å². The van der Waals surface area contributed by atoms with Gasteiger partial charge in [0, 0.05) is 6.10 Å². The number of hydrogen-bond acceptors (Lipinski definition) is 1. The lowest BCUT2D eigenvalue weighted by Crippen LogP contribution is -2.31. The molecule has 2 heteroatoms.